The maximum Gasteiger partial charge on any atom is 0.247 e. The molecule has 3 nitrogen and oxygen atoms in total. The molecule has 0 radical (unpaired) electrons. The Morgan fingerprint density at radius 3 is 2.62 bits per heavy atom. The maximum atomic E-state index is 5.59. The van der Waals surface area contributed by atoms with Crippen LogP contribution in [0, 0.1) is 3.57 Å². The predicted molar refractivity (Wildman–Crippen MR) is 74.4 cm³/mol. The van der Waals surface area contributed by atoms with E-state index in [1.54, 1.807) is 0 Å². The summed E-state index contributed by atoms with van der Waals surface area (Å²) in [6.07, 6.45) is 0.925. The second-order valence-corrected chi connectivity index (χ2v) is 5.68. The monoisotopic (exact) mass is 392 g/mol. The van der Waals surface area contributed by atoms with E-state index in [1.165, 1.54) is 3.57 Å². The van der Waals surface area contributed by atoms with Gasteiger partial charge in [0.2, 0.25) is 11.8 Å². The highest BCUT2D eigenvalue weighted by Crippen LogP contribution is 2.27. The summed E-state index contributed by atoms with van der Waals surface area (Å²) in [6.45, 7) is 2.06. The lowest BCUT2D eigenvalue weighted by Crippen LogP contribution is -1.86. The van der Waals surface area contributed by atoms with Gasteiger partial charge < -0.3 is 4.42 Å². The zero-order valence-corrected chi connectivity index (χ0v) is 12.4. The van der Waals surface area contributed by atoms with Crippen molar-refractivity contribution in [1.29, 1.82) is 0 Å². The summed E-state index contributed by atoms with van der Waals surface area (Å²) in [7, 11) is 0. The van der Waals surface area contributed by atoms with Crippen molar-refractivity contribution >= 4 is 38.5 Å². The molecule has 0 bridgehead atoms. The molecule has 84 valence electrons. The van der Waals surface area contributed by atoms with Gasteiger partial charge in [-0.25, -0.2) is 0 Å². The Kier molecular flexibility index (Phi) is 3.96. The third kappa shape index (κ3) is 2.63. The lowest BCUT2D eigenvalue weighted by molar-refractivity contribution is 0.500. The molecule has 0 aliphatic carbocycles. The van der Waals surface area contributed by atoms with Crippen LogP contribution in [0.25, 0.3) is 11.5 Å². The zero-order chi connectivity index (χ0) is 11.5. The number of rotatable bonds is 3. The Bertz CT molecular complexity index is 469. The van der Waals surface area contributed by atoms with Gasteiger partial charge in [0.1, 0.15) is 0 Å². The molecule has 0 saturated heterocycles. The molecule has 0 fully saturated rings. The van der Waals surface area contributed by atoms with Crippen molar-refractivity contribution in [2.24, 2.45) is 0 Å². The number of alkyl halides is 1. The molecule has 1 atom stereocenters. The Balaban J connectivity index is 2.28. The molecule has 5 heteroatoms. The standard InChI is InChI=1S/C11H10BrIN2O/c1-2-9(12)11-15-14-10(16-11)7-3-5-8(13)6-4-7/h3-6,9H,2H2,1H3. The quantitative estimate of drug-likeness (QED) is 0.580. The molecular weight excluding hydrogens is 383 g/mol. The summed E-state index contributed by atoms with van der Waals surface area (Å²) in [5, 5.41) is 8.06. The third-order valence-corrected chi connectivity index (χ3v) is 3.92. The predicted octanol–water partition coefficient (Wildman–Crippen LogP) is 4.19. The van der Waals surface area contributed by atoms with Crippen LogP contribution < -0.4 is 0 Å². The van der Waals surface area contributed by atoms with Crippen LogP contribution in [0.1, 0.15) is 24.1 Å². The van der Waals surface area contributed by atoms with Crippen molar-refractivity contribution < 1.29 is 4.42 Å². The summed E-state index contributed by atoms with van der Waals surface area (Å²) >= 11 is 5.75. The van der Waals surface area contributed by atoms with E-state index in [0.717, 1.165) is 12.0 Å². The van der Waals surface area contributed by atoms with E-state index in [9.17, 15) is 0 Å². The first-order valence-corrected chi connectivity index (χ1v) is 6.93. The van der Waals surface area contributed by atoms with Crippen molar-refractivity contribution in [1.82, 2.24) is 10.2 Å². The van der Waals surface area contributed by atoms with Crippen molar-refractivity contribution in [2.45, 2.75) is 18.2 Å². The minimum absolute atomic E-state index is 0.137. The average molecular weight is 393 g/mol. The fourth-order valence-electron chi connectivity index (χ4n) is 1.24. The van der Waals surface area contributed by atoms with Gasteiger partial charge in [0, 0.05) is 9.13 Å². The summed E-state index contributed by atoms with van der Waals surface area (Å²) in [4.78, 5) is 0.137. The van der Waals surface area contributed by atoms with E-state index >= 15 is 0 Å². The van der Waals surface area contributed by atoms with E-state index in [2.05, 4.69) is 55.6 Å². The van der Waals surface area contributed by atoms with E-state index in [0.29, 0.717) is 11.8 Å². The smallest absolute Gasteiger partial charge is 0.247 e. The van der Waals surface area contributed by atoms with Gasteiger partial charge in [0.25, 0.3) is 0 Å². The molecule has 1 unspecified atom stereocenters. The minimum atomic E-state index is 0.137. The maximum absolute atomic E-state index is 5.59. The molecular formula is C11H10BrIN2O. The van der Waals surface area contributed by atoms with Gasteiger partial charge in [-0.1, -0.05) is 22.9 Å². The topological polar surface area (TPSA) is 38.9 Å². The first kappa shape index (κ1) is 12.0. The zero-order valence-electron chi connectivity index (χ0n) is 8.65. The number of halogens is 2. The van der Waals surface area contributed by atoms with E-state index < -0.39 is 0 Å². The summed E-state index contributed by atoms with van der Waals surface area (Å²) in [5.41, 5.74) is 0.954. The molecule has 0 aliphatic rings. The molecule has 0 spiro atoms. The highest BCUT2D eigenvalue weighted by atomic mass is 127. The Labute approximate surface area is 116 Å². The molecule has 1 aromatic carbocycles. The van der Waals surface area contributed by atoms with Crippen LogP contribution in [-0.4, -0.2) is 10.2 Å². The van der Waals surface area contributed by atoms with E-state index in [1.807, 2.05) is 24.3 Å². The number of benzene rings is 1. The first-order chi connectivity index (χ1) is 7.70. The van der Waals surface area contributed by atoms with Gasteiger partial charge in [-0.3, -0.25) is 0 Å². The molecule has 2 aromatic rings. The molecule has 1 aromatic heterocycles. The van der Waals surface area contributed by atoms with E-state index in [4.69, 9.17) is 4.42 Å². The summed E-state index contributed by atoms with van der Waals surface area (Å²) < 4.78 is 6.78. The van der Waals surface area contributed by atoms with Gasteiger partial charge >= 0.3 is 0 Å². The van der Waals surface area contributed by atoms with Gasteiger partial charge in [0.05, 0.1) is 4.83 Å². The second kappa shape index (κ2) is 5.27. The van der Waals surface area contributed by atoms with Crippen LogP contribution in [0.4, 0.5) is 0 Å². The molecule has 16 heavy (non-hydrogen) atoms. The summed E-state index contributed by atoms with van der Waals surface area (Å²) in [6, 6.07) is 8.00. The fourth-order valence-corrected chi connectivity index (χ4v) is 1.79. The largest absolute Gasteiger partial charge is 0.419 e. The average Bonchev–Trinajstić information content (AvgIpc) is 2.78. The number of hydrogen-bond acceptors (Lipinski definition) is 3. The minimum Gasteiger partial charge on any atom is -0.419 e. The Hall–Kier alpha value is -0.430. The molecule has 0 N–H and O–H groups in total. The van der Waals surface area contributed by atoms with Crippen molar-refractivity contribution in [3.8, 4) is 11.5 Å². The third-order valence-electron chi connectivity index (χ3n) is 2.16. The van der Waals surface area contributed by atoms with Crippen LogP contribution in [-0.2, 0) is 0 Å². The number of aromatic nitrogens is 2. The Morgan fingerprint density at radius 2 is 2.00 bits per heavy atom. The van der Waals surface area contributed by atoms with Crippen LogP contribution >= 0.6 is 38.5 Å². The van der Waals surface area contributed by atoms with Gasteiger partial charge in [-0.15, -0.1) is 10.2 Å². The normalized spacial score (nSPS) is 12.7. The van der Waals surface area contributed by atoms with Crippen molar-refractivity contribution in [3.05, 3.63) is 33.7 Å². The van der Waals surface area contributed by atoms with Crippen LogP contribution in [0.3, 0.4) is 0 Å². The molecule has 0 saturated carbocycles. The molecule has 1 heterocycles. The van der Waals surface area contributed by atoms with Crippen LogP contribution in [0.2, 0.25) is 0 Å². The first-order valence-electron chi connectivity index (χ1n) is 4.94. The highest BCUT2D eigenvalue weighted by molar-refractivity contribution is 14.1. The number of hydrogen-bond donors (Lipinski definition) is 0. The highest BCUT2D eigenvalue weighted by Gasteiger charge is 2.14. The number of nitrogens with zero attached hydrogens (tertiary/aromatic N) is 2. The van der Waals surface area contributed by atoms with Gasteiger partial charge in [-0.05, 0) is 53.3 Å². The van der Waals surface area contributed by atoms with Crippen molar-refractivity contribution in [2.75, 3.05) is 0 Å². The molecule has 0 aliphatic heterocycles. The van der Waals surface area contributed by atoms with Crippen molar-refractivity contribution in [3.63, 3.8) is 0 Å². The Morgan fingerprint density at radius 1 is 1.31 bits per heavy atom. The SMILES string of the molecule is CCC(Br)c1nnc(-c2ccc(I)cc2)o1. The molecule has 0 amide bonds. The summed E-state index contributed by atoms with van der Waals surface area (Å²) in [5.74, 6) is 1.21. The lowest BCUT2D eigenvalue weighted by Gasteiger charge is -1.98. The second-order valence-electron chi connectivity index (χ2n) is 3.33. The van der Waals surface area contributed by atoms with Crippen LogP contribution in [0.5, 0.6) is 0 Å². The van der Waals surface area contributed by atoms with Crippen LogP contribution in [0.15, 0.2) is 28.7 Å². The van der Waals surface area contributed by atoms with Gasteiger partial charge in [0.15, 0.2) is 0 Å². The van der Waals surface area contributed by atoms with E-state index in [-0.39, 0.29) is 4.83 Å². The lowest BCUT2D eigenvalue weighted by atomic mass is 10.2. The fraction of sp³-hybridized carbons (Fsp3) is 0.273. The van der Waals surface area contributed by atoms with Gasteiger partial charge in [-0.2, -0.15) is 0 Å². The molecule has 2 rings (SSSR count).